The molecule has 0 saturated heterocycles. The van der Waals surface area contributed by atoms with Crippen molar-refractivity contribution in [3.63, 3.8) is 0 Å². The topological polar surface area (TPSA) is 53.6 Å². The van der Waals surface area contributed by atoms with Gasteiger partial charge in [0.15, 0.2) is 5.82 Å². The first-order valence-electron chi connectivity index (χ1n) is 6.26. The highest BCUT2D eigenvalue weighted by molar-refractivity contribution is 4.99. The van der Waals surface area contributed by atoms with Crippen LogP contribution in [0.5, 0.6) is 0 Å². The van der Waals surface area contributed by atoms with E-state index in [0.29, 0.717) is 12.0 Å². The van der Waals surface area contributed by atoms with Crippen molar-refractivity contribution in [2.24, 2.45) is 0 Å². The van der Waals surface area contributed by atoms with Gasteiger partial charge in [-0.05, 0) is 19.8 Å². The third-order valence-electron chi connectivity index (χ3n) is 2.92. The third kappa shape index (κ3) is 3.30. The predicted octanol–water partition coefficient (Wildman–Crippen LogP) is 2.77. The van der Waals surface area contributed by atoms with Crippen LogP contribution in [-0.2, 0) is 0 Å². The second-order valence-electron chi connectivity index (χ2n) is 4.64. The van der Waals surface area contributed by atoms with Crippen molar-refractivity contribution in [2.45, 2.75) is 65.5 Å². The molecular weight excluding hydrogens is 200 g/mol. The third-order valence-corrected chi connectivity index (χ3v) is 2.92. The lowest BCUT2D eigenvalue weighted by atomic mass is 10.1. The Hall–Kier alpha value is -0.900. The molecule has 4 nitrogen and oxygen atoms in total. The summed E-state index contributed by atoms with van der Waals surface area (Å²) in [7, 11) is 0. The Balaban J connectivity index is 2.61. The van der Waals surface area contributed by atoms with E-state index in [9.17, 15) is 0 Å². The van der Waals surface area contributed by atoms with Crippen molar-refractivity contribution in [1.29, 1.82) is 0 Å². The molecule has 0 amide bonds. The summed E-state index contributed by atoms with van der Waals surface area (Å²) in [6.07, 6.45) is 2.29. The minimum Gasteiger partial charge on any atom is -0.305 e. The van der Waals surface area contributed by atoms with Crippen LogP contribution < -0.4 is 5.32 Å². The van der Waals surface area contributed by atoms with Crippen LogP contribution in [0.4, 0.5) is 0 Å². The van der Waals surface area contributed by atoms with Crippen LogP contribution in [0.25, 0.3) is 0 Å². The first-order chi connectivity index (χ1) is 7.58. The summed E-state index contributed by atoms with van der Waals surface area (Å²) in [5.41, 5.74) is 0. The zero-order valence-corrected chi connectivity index (χ0v) is 11.0. The lowest BCUT2D eigenvalue weighted by molar-refractivity contribution is 0.421. The van der Waals surface area contributed by atoms with Crippen molar-refractivity contribution in [3.8, 4) is 0 Å². The van der Waals surface area contributed by atoms with Gasteiger partial charge in [-0.15, -0.1) is 0 Å². The monoisotopic (exact) mass is 224 g/mol. The highest BCUT2D eigenvalue weighted by Crippen LogP contribution is 2.13. The number of aromatic nitrogens is 3. The number of nitrogens with zero attached hydrogens (tertiary/aromatic N) is 2. The first-order valence-corrected chi connectivity index (χ1v) is 6.26. The highest BCUT2D eigenvalue weighted by Gasteiger charge is 2.15. The van der Waals surface area contributed by atoms with Crippen molar-refractivity contribution in [1.82, 2.24) is 20.5 Å². The number of hydrogen-bond donors (Lipinski definition) is 2. The van der Waals surface area contributed by atoms with Gasteiger partial charge in [-0.3, -0.25) is 5.10 Å². The summed E-state index contributed by atoms with van der Waals surface area (Å²) >= 11 is 0. The van der Waals surface area contributed by atoms with Gasteiger partial charge in [0.25, 0.3) is 0 Å². The Morgan fingerprint density at radius 1 is 1.19 bits per heavy atom. The number of hydrogen-bond acceptors (Lipinski definition) is 3. The molecule has 0 fully saturated rings. The van der Waals surface area contributed by atoms with E-state index >= 15 is 0 Å². The second kappa shape index (κ2) is 5.99. The SMILES string of the molecule is CCC(CC)NC(C)c1nc(C(C)C)n[nH]1. The Labute approximate surface area is 98.2 Å². The van der Waals surface area contributed by atoms with Crippen LogP contribution in [-0.4, -0.2) is 21.2 Å². The van der Waals surface area contributed by atoms with Gasteiger partial charge in [0.05, 0.1) is 6.04 Å². The highest BCUT2D eigenvalue weighted by atomic mass is 15.2. The molecule has 0 aliphatic heterocycles. The van der Waals surface area contributed by atoms with Crippen LogP contribution in [0.15, 0.2) is 0 Å². The Morgan fingerprint density at radius 2 is 1.81 bits per heavy atom. The molecule has 4 heteroatoms. The molecule has 0 saturated carbocycles. The van der Waals surface area contributed by atoms with Crippen LogP contribution in [0.2, 0.25) is 0 Å². The van der Waals surface area contributed by atoms with E-state index in [0.717, 1.165) is 24.5 Å². The predicted molar refractivity (Wildman–Crippen MR) is 66.4 cm³/mol. The lowest BCUT2D eigenvalue weighted by Crippen LogP contribution is -2.30. The maximum atomic E-state index is 4.50. The summed E-state index contributed by atoms with van der Waals surface area (Å²) in [6.45, 7) is 10.7. The number of aromatic amines is 1. The van der Waals surface area contributed by atoms with Gasteiger partial charge >= 0.3 is 0 Å². The van der Waals surface area contributed by atoms with E-state index in [-0.39, 0.29) is 6.04 Å². The summed E-state index contributed by atoms with van der Waals surface area (Å²) in [4.78, 5) is 4.50. The van der Waals surface area contributed by atoms with Gasteiger partial charge in [0, 0.05) is 12.0 Å². The molecule has 0 bridgehead atoms. The fraction of sp³-hybridized carbons (Fsp3) is 0.833. The van der Waals surface area contributed by atoms with E-state index in [2.05, 4.69) is 55.1 Å². The maximum absolute atomic E-state index is 4.50. The summed E-state index contributed by atoms with van der Waals surface area (Å²) in [6, 6.07) is 0.799. The van der Waals surface area contributed by atoms with Crippen molar-refractivity contribution in [2.75, 3.05) is 0 Å². The molecule has 1 aromatic heterocycles. The van der Waals surface area contributed by atoms with E-state index < -0.39 is 0 Å². The molecule has 0 spiro atoms. The molecule has 1 atom stereocenters. The fourth-order valence-electron chi connectivity index (χ4n) is 1.70. The quantitative estimate of drug-likeness (QED) is 0.781. The second-order valence-corrected chi connectivity index (χ2v) is 4.64. The van der Waals surface area contributed by atoms with Crippen molar-refractivity contribution in [3.05, 3.63) is 11.6 Å². The smallest absolute Gasteiger partial charge is 0.153 e. The zero-order valence-electron chi connectivity index (χ0n) is 11.0. The molecule has 1 aromatic rings. The van der Waals surface area contributed by atoms with Gasteiger partial charge < -0.3 is 5.32 Å². The Morgan fingerprint density at radius 3 is 2.25 bits per heavy atom. The van der Waals surface area contributed by atoms with E-state index in [1.807, 2.05) is 0 Å². The molecule has 1 heterocycles. The summed E-state index contributed by atoms with van der Waals surface area (Å²) < 4.78 is 0. The van der Waals surface area contributed by atoms with Gasteiger partial charge in [0.2, 0.25) is 0 Å². The molecule has 0 radical (unpaired) electrons. The Kier molecular flexibility index (Phi) is 4.93. The number of H-pyrrole nitrogens is 1. The number of nitrogens with one attached hydrogen (secondary N) is 2. The zero-order chi connectivity index (χ0) is 12.1. The summed E-state index contributed by atoms with van der Waals surface area (Å²) in [5.74, 6) is 2.22. The first kappa shape index (κ1) is 13.2. The van der Waals surface area contributed by atoms with Crippen LogP contribution in [0.3, 0.4) is 0 Å². The van der Waals surface area contributed by atoms with Gasteiger partial charge in [0.1, 0.15) is 5.82 Å². The van der Waals surface area contributed by atoms with E-state index in [4.69, 9.17) is 0 Å². The van der Waals surface area contributed by atoms with Crippen LogP contribution in [0, 0.1) is 0 Å². The molecule has 0 aromatic carbocycles. The molecule has 1 rings (SSSR count). The molecular formula is C12H24N4. The minimum absolute atomic E-state index is 0.241. The lowest BCUT2D eigenvalue weighted by Gasteiger charge is -2.19. The molecule has 0 aliphatic carbocycles. The molecule has 0 aliphatic rings. The van der Waals surface area contributed by atoms with Gasteiger partial charge in [-0.1, -0.05) is 27.7 Å². The fourth-order valence-corrected chi connectivity index (χ4v) is 1.70. The van der Waals surface area contributed by atoms with E-state index in [1.165, 1.54) is 0 Å². The normalized spacial score (nSPS) is 13.7. The maximum Gasteiger partial charge on any atom is 0.153 e. The molecule has 92 valence electrons. The van der Waals surface area contributed by atoms with Crippen LogP contribution >= 0.6 is 0 Å². The number of rotatable bonds is 6. The largest absolute Gasteiger partial charge is 0.305 e. The van der Waals surface area contributed by atoms with E-state index in [1.54, 1.807) is 0 Å². The van der Waals surface area contributed by atoms with Crippen molar-refractivity contribution >= 4 is 0 Å². The van der Waals surface area contributed by atoms with Crippen molar-refractivity contribution < 1.29 is 0 Å². The Bertz CT molecular complexity index is 302. The molecule has 16 heavy (non-hydrogen) atoms. The average molecular weight is 224 g/mol. The average Bonchev–Trinajstić information content (AvgIpc) is 2.74. The standard InChI is InChI=1S/C12H24N4/c1-6-10(7-2)13-9(5)12-14-11(8(3)4)15-16-12/h8-10,13H,6-7H2,1-5H3,(H,14,15,16). The summed E-state index contributed by atoms with van der Waals surface area (Å²) in [5, 5.41) is 10.8. The van der Waals surface area contributed by atoms with Gasteiger partial charge in [-0.25, -0.2) is 4.98 Å². The van der Waals surface area contributed by atoms with Gasteiger partial charge in [-0.2, -0.15) is 5.10 Å². The van der Waals surface area contributed by atoms with Crippen LogP contribution in [0.1, 0.15) is 71.1 Å². The molecule has 2 N–H and O–H groups in total. The minimum atomic E-state index is 0.241. The molecule has 1 unspecified atom stereocenters.